The molecule has 1 aliphatic rings. The van der Waals surface area contributed by atoms with Crippen molar-refractivity contribution in [3.63, 3.8) is 0 Å². The SMILES string of the molecule is Cc1ccc2c(c1)-c1oncc1CN2. The summed E-state index contributed by atoms with van der Waals surface area (Å²) in [4.78, 5) is 0. The Hall–Kier alpha value is -1.77. The molecule has 0 amide bonds. The molecule has 70 valence electrons. The minimum Gasteiger partial charge on any atom is -0.380 e. The largest absolute Gasteiger partial charge is 0.380 e. The van der Waals surface area contributed by atoms with Crippen LogP contribution in [0.2, 0.25) is 0 Å². The fraction of sp³-hybridized carbons (Fsp3) is 0.182. The van der Waals surface area contributed by atoms with E-state index in [1.165, 1.54) is 5.56 Å². The van der Waals surface area contributed by atoms with Gasteiger partial charge in [0.15, 0.2) is 5.76 Å². The number of anilines is 1. The average Bonchev–Trinajstić information content (AvgIpc) is 2.65. The van der Waals surface area contributed by atoms with Crippen LogP contribution in [0.15, 0.2) is 28.9 Å². The maximum atomic E-state index is 5.25. The Kier molecular flexibility index (Phi) is 1.42. The molecule has 2 heterocycles. The molecule has 1 N–H and O–H groups in total. The molecule has 3 nitrogen and oxygen atoms in total. The van der Waals surface area contributed by atoms with Gasteiger partial charge < -0.3 is 9.84 Å². The molecule has 0 fully saturated rings. The molecule has 0 bridgehead atoms. The van der Waals surface area contributed by atoms with E-state index in [1.807, 2.05) is 0 Å². The zero-order valence-electron chi connectivity index (χ0n) is 7.87. The second-order valence-electron chi connectivity index (χ2n) is 3.58. The van der Waals surface area contributed by atoms with Crippen molar-refractivity contribution in [1.82, 2.24) is 5.16 Å². The number of aryl methyl sites for hydroxylation is 1. The van der Waals surface area contributed by atoms with Gasteiger partial charge in [-0.15, -0.1) is 0 Å². The van der Waals surface area contributed by atoms with E-state index in [9.17, 15) is 0 Å². The maximum Gasteiger partial charge on any atom is 0.173 e. The van der Waals surface area contributed by atoms with Gasteiger partial charge in [-0.05, 0) is 19.1 Å². The Morgan fingerprint density at radius 2 is 2.36 bits per heavy atom. The van der Waals surface area contributed by atoms with E-state index in [0.717, 1.165) is 29.1 Å². The fourth-order valence-corrected chi connectivity index (χ4v) is 1.80. The summed E-state index contributed by atoms with van der Waals surface area (Å²) in [6.07, 6.45) is 1.77. The van der Waals surface area contributed by atoms with Crippen molar-refractivity contribution in [2.24, 2.45) is 0 Å². The van der Waals surface area contributed by atoms with Gasteiger partial charge in [0, 0.05) is 23.4 Å². The second kappa shape index (κ2) is 2.61. The molecule has 3 rings (SSSR count). The first-order valence-corrected chi connectivity index (χ1v) is 4.63. The summed E-state index contributed by atoms with van der Waals surface area (Å²) in [5.41, 5.74) is 4.60. The van der Waals surface area contributed by atoms with Crippen molar-refractivity contribution in [3.05, 3.63) is 35.5 Å². The molecule has 14 heavy (non-hydrogen) atoms. The van der Waals surface area contributed by atoms with Gasteiger partial charge >= 0.3 is 0 Å². The van der Waals surface area contributed by atoms with Crippen LogP contribution in [0.4, 0.5) is 5.69 Å². The van der Waals surface area contributed by atoms with Crippen molar-refractivity contribution < 1.29 is 4.52 Å². The molecule has 2 aromatic rings. The van der Waals surface area contributed by atoms with E-state index in [4.69, 9.17) is 4.52 Å². The molecule has 0 saturated heterocycles. The lowest BCUT2D eigenvalue weighted by molar-refractivity contribution is 0.431. The van der Waals surface area contributed by atoms with E-state index < -0.39 is 0 Å². The molecule has 1 aliphatic heterocycles. The van der Waals surface area contributed by atoms with Gasteiger partial charge in [-0.2, -0.15) is 0 Å². The van der Waals surface area contributed by atoms with Gasteiger partial charge in [0.25, 0.3) is 0 Å². The monoisotopic (exact) mass is 186 g/mol. The van der Waals surface area contributed by atoms with Crippen LogP contribution < -0.4 is 5.32 Å². The number of hydrogen-bond acceptors (Lipinski definition) is 3. The molecular formula is C11H10N2O. The third kappa shape index (κ3) is 0.954. The minimum atomic E-state index is 0.800. The molecule has 0 radical (unpaired) electrons. The Morgan fingerprint density at radius 1 is 1.43 bits per heavy atom. The highest BCUT2D eigenvalue weighted by Gasteiger charge is 2.19. The highest BCUT2D eigenvalue weighted by atomic mass is 16.5. The van der Waals surface area contributed by atoms with Crippen LogP contribution in [0, 0.1) is 6.92 Å². The standard InChI is InChI=1S/C11H10N2O/c1-7-2-3-10-9(4-7)11-8(5-12-10)6-13-14-11/h2-4,6,12H,5H2,1H3. The lowest BCUT2D eigenvalue weighted by Gasteiger charge is -2.16. The van der Waals surface area contributed by atoms with E-state index in [-0.39, 0.29) is 0 Å². The number of nitrogens with one attached hydrogen (secondary N) is 1. The summed E-state index contributed by atoms with van der Waals surface area (Å²) in [6.45, 7) is 2.87. The third-order valence-electron chi connectivity index (χ3n) is 2.53. The Morgan fingerprint density at radius 3 is 3.29 bits per heavy atom. The quantitative estimate of drug-likeness (QED) is 0.687. The molecule has 0 aliphatic carbocycles. The number of aromatic nitrogens is 1. The number of hydrogen-bond donors (Lipinski definition) is 1. The van der Waals surface area contributed by atoms with Crippen molar-refractivity contribution in [2.45, 2.75) is 13.5 Å². The Balaban J connectivity index is 2.28. The van der Waals surface area contributed by atoms with Gasteiger partial charge in [-0.3, -0.25) is 0 Å². The topological polar surface area (TPSA) is 38.1 Å². The van der Waals surface area contributed by atoms with E-state index in [2.05, 4.69) is 35.6 Å². The van der Waals surface area contributed by atoms with Crippen molar-refractivity contribution >= 4 is 5.69 Å². The highest BCUT2D eigenvalue weighted by molar-refractivity contribution is 5.79. The number of benzene rings is 1. The third-order valence-corrected chi connectivity index (χ3v) is 2.53. The molecule has 0 atom stereocenters. The van der Waals surface area contributed by atoms with Crippen molar-refractivity contribution in [2.75, 3.05) is 5.32 Å². The van der Waals surface area contributed by atoms with Gasteiger partial charge in [-0.1, -0.05) is 16.8 Å². The first-order valence-electron chi connectivity index (χ1n) is 4.63. The van der Waals surface area contributed by atoms with Crippen LogP contribution in [0.1, 0.15) is 11.1 Å². The van der Waals surface area contributed by atoms with Gasteiger partial charge in [-0.25, -0.2) is 0 Å². The first-order chi connectivity index (χ1) is 6.84. The van der Waals surface area contributed by atoms with E-state index in [0.29, 0.717) is 0 Å². The first kappa shape index (κ1) is 7.62. The highest BCUT2D eigenvalue weighted by Crippen LogP contribution is 2.35. The van der Waals surface area contributed by atoms with E-state index in [1.54, 1.807) is 6.20 Å². The minimum absolute atomic E-state index is 0.800. The lowest BCUT2D eigenvalue weighted by atomic mass is 10.0. The number of rotatable bonds is 0. The summed E-state index contributed by atoms with van der Waals surface area (Å²) in [5, 5.41) is 7.15. The van der Waals surface area contributed by atoms with Crippen molar-refractivity contribution in [3.8, 4) is 11.3 Å². The molecule has 0 unspecified atom stereocenters. The van der Waals surface area contributed by atoms with Crippen LogP contribution >= 0.6 is 0 Å². The molecule has 0 saturated carbocycles. The smallest absolute Gasteiger partial charge is 0.173 e. The molecular weight excluding hydrogens is 176 g/mol. The molecule has 1 aromatic carbocycles. The molecule has 3 heteroatoms. The van der Waals surface area contributed by atoms with Gasteiger partial charge in [0.05, 0.1) is 6.20 Å². The van der Waals surface area contributed by atoms with Crippen LogP contribution in [0.5, 0.6) is 0 Å². The van der Waals surface area contributed by atoms with Gasteiger partial charge in [0.2, 0.25) is 0 Å². The van der Waals surface area contributed by atoms with Crippen LogP contribution in [-0.2, 0) is 6.54 Å². The predicted molar refractivity (Wildman–Crippen MR) is 54.0 cm³/mol. The predicted octanol–water partition coefficient (Wildman–Crippen LogP) is 2.58. The number of fused-ring (bicyclic) bond motifs is 3. The van der Waals surface area contributed by atoms with Crippen LogP contribution in [0.25, 0.3) is 11.3 Å². The summed E-state index contributed by atoms with van der Waals surface area (Å²) in [7, 11) is 0. The molecule has 0 spiro atoms. The maximum absolute atomic E-state index is 5.25. The summed E-state index contributed by atoms with van der Waals surface area (Å²) in [6, 6.07) is 6.29. The Labute approximate surface area is 81.7 Å². The van der Waals surface area contributed by atoms with Gasteiger partial charge in [0.1, 0.15) is 0 Å². The zero-order valence-corrected chi connectivity index (χ0v) is 7.87. The normalized spacial score (nSPS) is 12.9. The summed E-state index contributed by atoms with van der Waals surface area (Å²) >= 11 is 0. The summed E-state index contributed by atoms with van der Waals surface area (Å²) < 4.78 is 5.25. The lowest BCUT2D eigenvalue weighted by Crippen LogP contribution is -2.06. The average molecular weight is 186 g/mol. The Bertz CT molecular complexity index is 488. The summed E-state index contributed by atoms with van der Waals surface area (Å²) in [5.74, 6) is 0.905. The van der Waals surface area contributed by atoms with E-state index >= 15 is 0 Å². The zero-order chi connectivity index (χ0) is 9.54. The molecule has 1 aromatic heterocycles. The fourth-order valence-electron chi connectivity index (χ4n) is 1.80. The van der Waals surface area contributed by atoms with Crippen LogP contribution in [0.3, 0.4) is 0 Å². The number of nitrogens with zero attached hydrogens (tertiary/aromatic N) is 1. The van der Waals surface area contributed by atoms with Crippen LogP contribution in [-0.4, -0.2) is 5.16 Å². The second-order valence-corrected chi connectivity index (χ2v) is 3.58. The van der Waals surface area contributed by atoms with Crippen molar-refractivity contribution in [1.29, 1.82) is 0 Å².